The second kappa shape index (κ2) is 7.39. The Kier molecular flexibility index (Phi) is 7.38. The van der Waals surface area contributed by atoms with Crippen LogP contribution in [0.25, 0.3) is 0 Å². The molecule has 0 aromatic rings. The van der Waals surface area contributed by atoms with E-state index in [4.69, 9.17) is 23.2 Å². The predicted molar refractivity (Wildman–Crippen MR) is 54.9 cm³/mol. The monoisotopic (exact) mass is 227 g/mol. The first kappa shape index (κ1) is 13.0. The van der Waals surface area contributed by atoms with E-state index in [1.807, 2.05) is 0 Å². The van der Waals surface area contributed by atoms with Crippen molar-refractivity contribution in [3.8, 4) is 0 Å². The zero-order valence-corrected chi connectivity index (χ0v) is 9.27. The fourth-order valence-corrected chi connectivity index (χ4v) is 1.37. The molecule has 0 amide bonds. The van der Waals surface area contributed by atoms with Crippen LogP contribution in [0.15, 0.2) is 5.34 Å². The number of hydrogen-bond acceptors (Lipinski definition) is 3. The molecule has 0 heterocycles. The summed E-state index contributed by atoms with van der Waals surface area (Å²) in [6.45, 7) is 2.10. The standard InChI is InChI=1S/C8H15Cl2NO2/c1-2-3-4-5-6-8(9,10)7-13-11-12/h2-7H2,1H3. The SMILES string of the molecule is CCCCCCC(Cl)(Cl)CON=O. The van der Waals surface area contributed by atoms with Crippen molar-refractivity contribution in [2.45, 2.75) is 43.4 Å². The molecule has 0 atom stereocenters. The van der Waals surface area contributed by atoms with E-state index in [0.29, 0.717) is 6.42 Å². The van der Waals surface area contributed by atoms with Crippen molar-refractivity contribution in [2.75, 3.05) is 6.61 Å². The van der Waals surface area contributed by atoms with Crippen LogP contribution in [-0.4, -0.2) is 10.9 Å². The molecule has 0 radical (unpaired) electrons. The van der Waals surface area contributed by atoms with Crippen molar-refractivity contribution in [1.82, 2.24) is 0 Å². The van der Waals surface area contributed by atoms with Gasteiger partial charge in [-0.2, -0.15) is 0 Å². The van der Waals surface area contributed by atoms with E-state index in [1.54, 1.807) is 0 Å². The van der Waals surface area contributed by atoms with E-state index < -0.39 is 4.33 Å². The molecule has 0 aliphatic rings. The number of rotatable bonds is 8. The van der Waals surface area contributed by atoms with Crippen molar-refractivity contribution >= 4 is 23.2 Å². The molecular formula is C8H15Cl2NO2. The smallest absolute Gasteiger partial charge is 0.155 e. The summed E-state index contributed by atoms with van der Waals surface area (Å²) in [5.74, 6) is 0. The van der Waals surface area contributed by atoms with Crippen LogP contribution in [0.5, 0.6) is 0 Å². The molecule has 0 aromatic heterocycles. The maximum Gasteiger partial charge on any atom is 0.155 e. The van der Waals surface area contributed by atoms with Gasteiger partial charge in [0.05, 0.1) is 0 Å². The first-order valence-electron chi connectivity index (χ1n) is 4.45. The molecule has 0 N–H and O–H groups in total. The molecule has 13 heavy (non-hydrogen) atoms. The fraction of sp³-hybridized carbons (Fsp3) is 1.00. The molecule has 0 rings (SSSR count). The van der Waals surface area contributed by atoms with Crippen LogP contribution in [0.2, 0.25) is 0 Å². The van der Waals surface area contributed by atoms with E-state index in [1.165, 1.54) is 12.8 Å². The van der Waals surface area contributed by atoms with E-state index in [-0.39, 0.29) is 6.61 Å². The lowest BCUT2D eigenvalue weighted by atomic mass is 10.1. The van der Waals surface area contributed by atoms with Gasteiger partial charge in [-0.15, -0.1) is 4.91 Å². The minimum absolute atomic E-state index is 0.0360. The van der Waals surface area contributed by atoms with E-state index in [2.05, 4.69) is 17.1 Å². The van der Waals surface area contributed by atoms with Crippen LogP contribution in [0, 0.1) is 4.91 Å². The average molecular weight is 228 g/mol. The first-order valence-corrected chi connectivity index (χ1v) is 5.20. The Morgan fingerprint density at radius 2 is 2.00 bits per heavy atom. The number of hydrogen-bond donors (Lipinski definition) is 0. The van der Waals surface area contributed by atoms with Gasteiger partial charge in [-0.05, 0) is 6.42 Å². The van der Waals surface area contributed by atoms with Crippen LogP contribution in [-0.2, 0) is 4.84 Å². The molecule has 0 spiro atoms. The third-order valence-electron chi connectivity index (χ3n) is 1.72. The van der Waals surface area contributed by atoms with Crippen LogP contribution >= 0.6 is 23.2 Å². The minimum Gasteiger partial charge on any atom is -0.361 e. The molecule has 0 fully saturated rings. The first-order chi connectivity index (χ1) is 6.12. The second-order valence-corrected chi connectivity index (χ2v) is 4.66. The van der Waals surface area contributed by atoms with E-state index >= 15 is 0 Å². The molecule has 0 aromatic carbocycles. The number of halogens is 2. The molecule has 0 saturated heterocycles. The summed E-state index contributed by atoms with van der Waals surface area (Å²) >= 11 is 11.7. The Morgan fingerprint density at radius 3 is 2.54 bits per heavy atom. The van der Waals surface area contributed by atoms with Crippen molar-refractivity contribution in [2.24, 2.45) is 5.34 Å². The predicted octanol–water partition coefficient (Wildman–Crippen LogP) is 3.83. The second-order valence-electron chi connectivity index (χ2n) is 3.01. The van der Waals surface area contributed by atoms with Gasteiger partial charge in [-0.25, -0.2) is 0 Å². The van der Waals surface area contributed by atoms with Crippen molar-refractivity contribution < 1.29 is 4.84 Å². The Hall–Kier alpha value is -0.0200. The maximum absolute atomic E-state index is 9.64. The lowest BCUT2D eigenvalue weighted by Crippen LogP contribution is -2.19. The zero-order chi connectivity index (χ0) is 10.2. The normalized spacial score (nSPS) is 11.3. The lowest BCUT2D eigenvalue weighted by Gasteiger charge is -2.16. The lowest BCUT2D eigenvalue weighted by molar-refractivity contribution is 0.129. The minimum atomic E-state index is -0.971. The largest absolute Gasteiger partial charge is 0.361 e. The number of nitrogens with zero attached hydrogens (tertiary/aromatic N) is 1. The highest BCUT2D eigenvalue weighted by atomic mass is 35.5. The third kappa shape index (κ3) is 8.31. The molecule has 0 bridgehead atoms. The Bertz CT molecular complexity index is 142. The van der Waals surface area contributed by atoms with Gasteiger partial charge < -0.3 is 4.84 Å². The van der Waals surface area contributed by atoms with Crippen LogP contribution in [0.4, 0.5) is 0 Å². The molecule has 5 heteroatoms. The van der Waals surface area contributed by atoms with Crippen LogP contribution < -0.4 is 0 Å². The highest BCUT2D eigenvalue weighted by Crippen LogP contribution is 2.28. The summed E-state index contributed by atoms with van der Waals surface area (Å²) in [4.78, 5) is 13.9. The van der Waals surface area contributed by atoms with Gasteiger partial charge in [0, 0.05) is 0 Å². The fourth-order valence-electron chi connectivity index (χ4n) is 1.00. The Morgan fingerprint density at radius 1 is 1.31 bits per heavy atom. The molecule has 3 nitrogen and oxygen atoms in total. The number of alkyl halides is 2. The van der Waals surface area contributed by atoms with Gasteiger partial charge in [-0.1, -0.05) is 55.8 Å². The summed E-state index contributed by atoms with van der Waals surface area (Å²) < 4.78 is -0.971. The average Bonchev–Trinajstić information content (AvgIpc) is 2.09. The van der Waals surface area contributed by atoms with Crippen molar-refractivity contribution in [3.05, 3.63) is 4.91 Å². The molecular weight excluding hydrogens is 213 g/mol. The molecule has 0 aliphatic carbocycles. The third-order valence-corrected chi connectivity index (χ3v) is 2.32. The molecule has 0 saturated carbocycles. The summed E-state index contributed by atoms with van der Waals surface area (Å²) in [6.07, 6.45) is 5.03. The van der Waals surface area contributed by atoms with Gasteiger partial charge in [0.2, 0.25) is 0 Å². The van der Waals surface area contributed by atoms with Crippen molar-refractivity contribution in [3.63, 3.8) is 0 Å². The van der Waals surface area contributed by atoms with Gasteiger partial charge in [0.15, 0.2) is 16.3 Å². The van der Waals surface area contributed by atoms with Crippen LogP contribution in [0.3, 0.4) is 0 Å². The highest BCUT2D eigenvalue weighted by molar-refractivity contribution is 6.48. The van der Waals surface area contributed by atoms with Gasteiger partial charge in [0.1, 0.15) is 0 Å². The zero-order valence-electron chi connectivity index (χ0n) is 7.76. The molecule has 78 valence electrons. The molecule has 0 unspecified atom stereocenters. The quantitative estimate of drug-likeness (QED) is 0.274. The highest BCUT2D eigenvalue weighted by Gasteiger charge is 2.24. The Labute approximate surface area is 88.7 Å². The summed E-state index contributed by atoms with van der Waals surface area (Å²) in [5, 5.41) is 2.25. The van der Waals surface area contributed by atoms with Crippen LogP contribution in [0.1, 0.15) is 39.0 Å². The summed E-state index contributed by atoms with van der Waals surface area (Å²) in [5.41, 5.74) is 0. The Balaban J connectivity index is 3.44. The van der Waals surface area contributed by atoms with E-state index in [0.717, 1.165) is 12.8 Å². The summed E-state index contributed by atoms with van der Waals surface area (Å²) in [6, 6.07) is 0. The van der Waals surface area contributed by atoms with Gasteiger partial charge in [0.25, 0.3) is 0 Å². The van der Waals surface area contributed by atoms with Gasteiger partial charge in [-0.3, -0.25) is 0 Å². The topological polar surface area (TPSA) is 38.7 Å². The van der Waals surface area contributed by atoms with Crippen molar-refractivity contribution in [1.29, 1.82) is 0 Å². The number of unbranched alkanes of at least 4 members (excludes halogenated alkanes) is 3. The molecule has 0 aliphatic heterocycles. The van der Waals surface area contributed by atoms with Gasteiger partial charge >= 0.3 is 0 Å². The summed E-state index contributed by atoms with van der Waals surface area (Å²) in [7, 11) is 0. The maximum atomic E-state index is 9.64. The van der Waals surface area contributed by atoms with E-state index in [9.17, 15) is 4.91 Å².